The lowest BCUT2D eigenvalue weighted by Crippen LogP contribution is -2.25. The first-order chi connectivity index (χ1) is 8.56. The fraction of sp³-hybridized carbons (Fsp3) is 0.286. The monoisotopic (exact) mass is 243 g/mol. The average molecular weight is 243 g/mol. The first-order valence-corrected chi connectivity index (χ1v) is 5.96. The van der Waals surface area contributed by atoms with Gasteiger partial charge in [-0.25, -0.2) is 4.98 Å². The molecular formula is C14H17N3O. The first kappa shape index (κ1) is 12.4. The zero-order valence-corrected chi connectivity index (χ0v) is 10.8. The van der Waals surface area contributed by atoms with Crippen molar-refractivity contribution in [3.05, 3.63) is 41.7 Å². The lowest BCUT2D eigenvalue weighted by atomic mass is 10.3. The van der Waals surface area contributed by atoms with Gasteiger partial charge in [0.2, 0.25) is 5.91 Å². The van der Waals surface area contributed by atoms with E-state index in [4.69, 9.17) is 0 Å². The van der Waals surface area contributed by atoms with E-state index in [9.17, 15) is 4.79 Å². The van der Waals surface area contributed by atoms with E-state index in [0.29, 0.717) is 0 Å². The van der Waals surface area contributed by atoms with Crippen LogP contribution < -0.4 is 5.32 Å². The van der Waals surface area contributed by atoms with Crippen LogP contribution in [0.1, 0.15) is 32.6 Å². The van der Waals surface area contributed by atoms with E-state index < -0.39 is 0 Å². The Morgan fingerprint density at radius 1 is 1.39 bits per heavy atom. The molecule has 0 spiro atoms. The number of fused-ring (bicyclic) bond motifs is 1. The highest BCUT2D eigenvalue weighted by Gasteiger charge is 2.11. The molecular weight excluding hydrogens is 226 g/mol. The molecule has 1 amide bonds. The summed E-state index contributed by atoms with van der Waals surface area (Å²) >= 11 is 0. The lowest BCUT2D eigenvalue weighted by Gasteiger charge is -2.09. The minimum Gasteiger partial charge on any atom is -0.343 e. The number of H-pyrrole nitrogens is 1. The molecule has 0 bridgehead atoms. The SMILES string of the molecule is CC(C)=CC(=O)NC(C)c1nc2ccccc2[nH]1. The van der Waals surface area contributed by atoms with Crippen LogP contribution in [0.15, 0.2) is 35.9 Å². The summed E-state index contributed by atoms with van der Waals surface area (Å²) in [5.41, 5.74) is 2.87. The van der Waals surface area contributed by atoms with Gasteiger partial charge in [0.25, 0.3) is 0 Å². The molecule has 0 aliphatic heterocycles. The van der Waals surface area contributed by atoms with E-state index in [1.54, 1.807) is 6.08 Å². The number of hydrogen-bond donors (Lipinski definition) is 2. The highest BCUT2D eigenvalue weighted by atomic mass is 16.1. The van der Waals surface area contributed by atoms with Crippen molar-refractivity contribution in [3.63, 3.8) is 0 Å². The third-order valence-corrected chi connectivity index (χ3v) is 2.60. The van der Waals surface area contributed by atoms with Crippen LogP contribution in [0.5, 0.6) is 0 Å². The molecule has 1 heterocycles. The number of para-hydroxylation sites is 2. The van der Waals surface area contributed by atoms with Crippen molar-refractivity contribution < 1.29 is 4.79 Å². The van der Waals surface area contributed by atoms with Crippen LogP contribution in [-0.4, -0.2) is 15.9 Å². The van der Waals surface area contributed by atoms with E-state index in [0.717, 1.165) is 22.4 Å². The Morgan fingerprint density at radius 3 is 2.78 bits per heavy atom. The number of carbonyl (C=O) groups is 1. The number of aromatic amines is 1. The molecule has 2 N–H and O–H groups in total. The van der Waals surface area contributed by atoms with E-state index >= 15 is 0 Å². The third kappa shape index (κ3) is 2.77. The first-order valence-electron chi connectivity index (χ1n) is 5.96. The van der Waals surface area contributed by atoms with Crippen molar-refractivity contribution in [3.8, 4) is 0 Å². The molecule has 0 radical (unpaired) electrons. The van der Waals surface area contributed by atoms with E-state index in [2.05, 4.69) is 15.3 Å². The number of rotatable bonds is 3. The summed E-state index contributed by atoms with van der Waals surface area (Å²) in [5.74, 6) is 0.676. The van der Waals surface area contributed by atoms with Gasteiger partial charge in [-0.05, 0) is 32.9 Å². The highest BCUT2D eigenvalue weighted by Crippen LogP contribution is 2.15. The maximum atomic E-state index is 11.6. The number of imidazole rings is 1. The van der Waals surface area contributed by atoms with Crippen molar-refractivity contribution in [1.82, 2.24) is 15.3 Å². The van der Waals surface area contributed by atoms with Gasteiger partial charge in [-0.15, -0.1) is 0 Å². The van der Waals surface area contributed by atoms with Gasteiger partial charge >= 0.3 is 0 Å². The number of benzene rings is 1. The molecule has 1 unspecified atom stereocenters. The normalized spacial score (nSPS) is 12.2. The summed E-state index contributed by atoms with van der Waals surface area (Å²) in [6, 6.07) is 7.67. The smallest absolute Gasteiger partial charge is 0.244 e. The van der Waals surface area contributed by atoms with Crippen LogP contribution >= 0.6 is 0 Å². The van der Waals surface area contributed by atoms with E-state index in [-0.39, 0.29) is 11.9 Å². The van der Waals surface area contributed by atoms with Crippen molar-refractivity contribution in [2.75, 3.05) is 0 Å². The van der Waals surface area contributed by atoms with Crippen LogP contribution in [0.25, 0.3) is 11.0 Å². The molecule has 0 aliphatic rings. The third-order valence-electron chi connectivity index (χ3n) is 2.60. The van der Waals surface area contributed by atoms with Gasteiger partial charge in [-0.1, -0.05) is 17.7 Å². The van der Waals surface area contributed by atoms with Gasteiger partial charge in [0.15, 0.2) is 0 Å². The van der Waals surface area contributed by atoms with Gasteiger partial charge in [0, 0.05) is 6.08 Å². The van der Waals surface area contributed by atoms with Crippen molar-refractivity contribution >= 4 is 16.9 Å². The molecule has 4 nitrogen and oxygen atoms in total. The largest absolute Gasteiger partial charge is 0.343 e. The minimum atomic E-state index is -0.138. The van der Waals surface area contributed by atoms with Crippen molar-refractivity contribution in [1.29, 1.82) is 0 Å². The molecule has 18 heavy (non-hydrogen) atoms. The van der Waals surface area contributed by atoms with Crippen molar-refractivity contribution in [2.45, 2.75) is 26.8 Å². The van der Waals surface area contributed by atoms with Gasteiger partial charge in [-0.3, -0.25) is 4.79 Å². The van der Waals surface area contributed by atoms with Crippen LogP contribution in [0.3, 0.4) is 0 Å². The van der Waals surface area contributed by atoms with E-state index in [1.165, 1.54) is 0 Å². The Morgan fingerprint density at radius 2 is 2.11 bits per heavy atom. The molecule has 4 heteroatoms. The number of hydrogen-bond acceptors (Lipinski definition) is 2. The molecule has 2 aromatic rings. The fourth-order valence-corrected chi connectivity index (χ4v) is 1.76. The maximum absolute atomic E-state index is 11.6. The van der Waals surface area contributed by atoms with Crippen LogP contribution in [0, 0.1) is 0 Å². The van der Waals surface area contributed by atoms with Crippen LogP contribution in [-0.2, 0) is 4.79 Å². The zero-order chi connectivity index (χ0) is 13.1. The Balaban J connectivity index is 2.16. The van der Waals surface area contributed by atoms with Gasteiger partial charge in [0.05, 0.1) is 17.1 Å². The number of nitrogens with zero attached hydrogens (tertiary/aromatic N) is 1. The number of allylic oxidation sites excluding steroid dienone is 1. The summed E-state index contributed by atoms with van der Waals surface area (Å²) < 4.78 is 0. The van der Waals surface area contributed by atoms with Crippen LogP contribution in [0.2, 0.25) is 0 Å². The van der Waals surface area contributed by atoms with Gasteiger partial charge in [-0.2, -0.15) is 0 Å². The average Bonchev–Trinajstić information content (AvgIpc) is 2.71. The van der Waals surface area contributed by atoms with E-state index in [1.807, 2.05) is 45.0 Å². The number of carbonyl (C=O) groups excluding carboxylic acids is 1. The summed E-state index contributed by atoms with van der Waals surface area (Å²) in [7, 11) is 0. The molecule has 0 saturated carbocycles. The van der Waals surface area contributed by atoms with Gasteiger partial charge in [0.1, 0.15) is 5.82 Å². The predicted molar refractivity (Wildman–Crippen MR) is 72.1 cm³/mol. The summed E-state index contributed by atoms with van der Waals surface area (Å²) in [5, 5.41) is 2.88. The number of aromatic nitrogens is 2. The topological polar surface area (TPSA) is 57.8 Å². The second-order valence-electron chi connectivity index (χ2n) is 4.59. The standard InChI is InChI=1S/C14H17N3O/c1-9(2)8-13(18)15-10(3)14-16-11-6-4-5-7-12(11)17-14/h4-8,10H,1-3H3,(H,15,18)(H,16,17). The predicted octanol–water partition coefficient (Wildman–Crippen LogP) is 2.71. The number of nitrogens with one attached hydrogen (secondary N) is 2. The molecule has 0 aliphatic carbocycles. The Labute approximate surface area is 106 Å². The lowest BCUT2D eigenvalue weighted by molar-refractivity contribution is -0.117. The summed E-state index contributed by atoms with van der Waals surface area (Å²) in [6.45, 7) is 5.70. The molecule has 1 aromatic heterocycles. The summed E-state index contributed by atoms with van der Waals surface area (Å²) in [4.78, 5) is 19.3. The Hall–Kier alpha value is -2.10. The highest BCUT2D eigenvalue weighted by molar-refractivity contribution is 5.88. The van der Waals surface area contributed by atoms with Gasteiger partial charge < -0.3 is 10.3 Å². The molecule has 94 valence electrons. The second kappa shape index (κ2) is 5.04. The minimum absolute atomic E-state index is 0.0945. The Kier molecular flexibility index (Phi) is 3.46. The molecule has 1 aromatic carbocycles. The molecule has 0 saturated heterocycles. The molecule has 0 fully saturated rings. The van der Waals surface area contributed by atoms with Crippen LogP contribution in [0.4, 0.5) is 0 Å². The number of amides is 1. The summed E-state index contributed by atoms with van der Waals surface area (Å²) in [6.07, 6.45) is 1.58. The quantitative estimate of drug-likeness (QED) is 0.814. The molecule has 1 atom stereocenters. The second-order valence-corrected chi connectivity index (χ2v) is 4.59. The Bertz CT molecular complexity index is 561. The maximum Gasteiger partial charge on any atom is 0.244 e. The van der Waals surface area contributed by atoms with Crippen molar-refractivity contribution in [2.24, 2.45) is 0 Å². The molecule has 2 rings (SSSR count). The fourth-order valence-electron chi connectivity index (χ4n) is 1.76. The zero-order valence-electron chi connectivity index (χ0n) is 10.8.